The molecule has 0 aliphatic carbocycles. The predicted molar refractivity (Wildman–Crippen MR) is 108 cm³/mol. The number of anilines is 1. The second-order valence-corrected chi connectivity index (χ2v) is 6.53. The molecule has 0 saturated carbocycles. The molecule has 2 aromatic carbocycles. The number of H-pyrrole nitrogens is 1. The smallest absolute Gasteiger partial charge is 0.223 e. The van der Waals surface area contributed by atoms with E-state index in [1.807, 2.05) is 42.5 Å². The van der Waals surface area contributed by atoms with Crippen LogP contribution in [0, 0.1) is 24.1 Å². The lowest BCUT2D eigenvalue weighted by Crippen LogP contribution is -2.05. The fraction of sp³-hybridized carbons (Fsp3) is 0.0909. The van der Waals surface area contributed by atoms with Crippen LogP contribution in [0.25, 0.3) is 22.5 Å². The van der Waals surface area contributed by atoms with Crippen LogP contribution in [-0.2, 0) is 6.54 Å². The number of nitriles is 1. The number of aromatic nitrogens is 4. The normalized spacial score (nSPS) is 10.5. The highest BCUT2D eigenvalue weighted by Crippen LogP contribution is 2.26. The fourth-order valence-corrected chi connectivity index (χ4v) is 2.96. The summed E-state index contributed by atoms with van der Waals surface area (Å²) < 4.78 is 14.3. The number of hydrogen-bond donors (Lipinski definition) is 2. The van der Waals surface area contributed by atoms with Gasteiger partial charge >= 0.3 is 0 Å². The van der Waals surface area contributed by atoms with Crippen LogP contribution in [0.4, 0.5) is 10.3 Å². The summed E-state index contributed by atoms with van der Waals surface area (Å²) in [5.41, 5.74) is 4.57. The molecule has 4 rings (SSSR count). The Balaban J connectivity index is 1.55. The van der Waals surface area contributed by atoms with Gasteiger partial charge in [0.2, 0.25) is 5.95 Å². The van der Waals surface area contributed by atoms with E-state index in [1.165, 1.54) is 18.2 Å². The van der Waals surface area contributed by atoms with Crippen LogP contribution in [0.3, 0.4) is 0 Å². The van der Waals surface area contributed by atoms with Crippen LogP contribution in [0.5, 0.6) is 0 Å². The van der Waals surface area contributed by atoms with Crippen LogP contribution >= 0.6 is 0 Å². The zero-order chi connectivity index (χ0) is 20.2. The number of rotatable bonds is 5. The van der Waals surface area contributed by atoms with Gasteiger partial charge in [-0.1, -0.05) is 30.3 Å². The molecule has 0 atom stereocenters. The molecule has 0 aliphatic heterocycles. The Kier molecular flexibility index (Phi) is 4.99. The number of aryl methyl sites for hydroxylation is 1. The average Bonchev–Trinajstić information content (AvgIpc) is 3.23. The van der Waals surface area contributed by atoms with Gasteiger partial charge in [0.25, 0.3) is 0 Å². The molecule has 0 radical (unpaired) electrons. The highest BCUT2D eigenvalue weighted by atomic mass is 19.1. The average molecular weight is 384 g/mol. The molecule has 4 aromatic rings. The first-order valence-electron chi connectivity index (χ1n) is 9.01. The van der Waals surface area contributed by atoms with Crippen molar-refractivity contribution in [2.24, 2.45) is 0 Å². The highest BCUT2D eigenvalue weighted by Gasteiger charge is 2.13. The van der Waals surface area contributed by atoms with Gasteiger partial charge in [0.1, 0.15) is 5.82 Å². The Morgan fingerprint density at radius 1 is 1.14 bits per heavy atom. The molecule has 2 aromatic heterocycles. The minimum Gasteiger partial charge on any atom is -0.349 e. The van der Waals surface area contributed by atoms with E-state index >= 15 is 0 Å². The molecule has 2 heterocycles. The van der Waals surface area contributed by atoms with Crippen LogP contribution in [0.15, 0.2) is 60.8 Å². The number of nitrogens with zero attached hydrogens (tertiary/aromatic N) is 4. The molecular formula is C22H17FN6. The Bertz CT molecular complexity index is 1190. The second-order valence-electron chi connectivity index (χ2n) is 6.53. The van der Waals surface area contributed by atoms with Crippen molar-refractivity contribution in [3.63, 3.8) is 0 Å². The quantitative estimate of drug-likeness (QED) is 0.530. The minimum atomic E-state index is -0.433. The highest BCUT2D eigenvalue weighted by molar-refractivity contribution is 5.66. The molecule has 0 aliphatic rings. The zero-order valence-electron chi connectivity index (χ0n) is 15.6. The molecule has 142 valence electrons. The summed E-state index contributed by atoms with van der Waals surface area (Å²) in [6.45, 7) is 2.24. The number of hydrogen-bond acceptors (Lipinski definition) is 5. The van der Waals surface area contributed by atoms with Crippen molar-refractivity contribution in [2.75, 3.05) is 5.32 Å². The summed E-state index contributed by atoms with van der Waals surface area (Å²) >= 11 is 0. The van der Waals surface area contributed by atoms with Gasteiger partial charge in [0.05, 0.1) is 35.3 Å². The first-order chi connectivity index (χ1) is 14.1. The van der Waals surface area contributed by atoms with E-state index in [2.05, 4.69) is 25.5 Å². The number of benzene rings is 2. The van der Waals surface area contributed by atoms with Gasteiger partial charge in [-0.15, -0.1) is 0 Å². The van der Waals surface area contributed by atoms with Crippen molar-refractivity contribution >= 4 is 5.95 Å². The van der Waals surface area contributed by atoms with E-state index < -0.39 is 5.82 Å². The Labute approximate surface area is 167 Å². The summed E-state index contributed by atoms with van der Waals surface area (Å²) in [5, 5.41) is 19.5. The summed E-state index contributed by atoms with van der Waals surface area (Å²) in [5.74, 6) is -0.0685. The van der Waals surface area contributed by atoms with Gasteiger partial charge < -0.3 is 5.32 Å². The largest absolute Gasteiger partial charge is 0.349 e. The summed E-state index contributed by atoms with van der Waals surface area (Å²) in [6, 6.07) is 18.1. The van der Waals surface area contributed by atoms with Crippen molar-refractivity contribution in [1.82, 2.24) is 20.2 Å². The van der Waals surface area contributed by atoms with Crippen molar-refractivity contribution < 1.29 is 4.39 Å². The lowest BCUT2D eigenvalue weighted by Gasteiger charge is -2.09. The van der Waals surface area contributed by atoms with Crippen molar-refractivity contribution in [3.8, 4) is 28.6 Å². The van der Waals surface area contributed by atoms with Crippen LogP contribution in [0.2, 0.25) is 0 Å². The first-order valence-corrected chi connectivity index (χ1v) is 9.01. The van der Waals surface area contributed by atoms with Gasteiger partial charge in [-0.05, 0) is 36.8 Å². The molecule has 0 amide bonds. The number of aromatic amines is 1. The molecule has 0 spiro atoms. The molecule has 2 N–H and O–H groups in total. The van der Waals surface area contributed by atoms with E-state index in [1.54, 1.807) is 13.1 Å². The maximum atomic E-state index is 14.3. The third-order valence-corrected chi connectivity index (χ3v) is 4.46. The Morgan fingerprint density at radius 2 is 1.97 bits per heavy atom. The van der Waals surface area contributed by atoms with E-state index in [0.29, 0.717) is 23.8 Å². The predicted octanol–water partition coefficient (Wildman–Crippen LogP) is 4.47. The molecule has 0 unspecified atom stereocenters. The van der Waals surface area contributed by atoms with Crippen LogP contribution in [0.1, 0.15) is 16.8 Å². The zero-order valence-corrected chi connectivity index (χ0v) is 15.6. The van der Waals surface area contributed by atoms with E-state index in [-0.39, 0.29) is 5.56 Å². The summed E-state index contributed by atoms with van der Waals surface area (Å²) in [6.07, 6.45) is 1.63. The van der Waals surface area contributed by atoms with Gasteiger partial charge in [0.15, 0.2) is 0 Å². The summed E-state index contributed by atoms with van der Waals surface area (Å²) in [4.78, 5) is 8.73. The van der Waals surface area contributed by atoms with E-state index in [0.717, 1.165) is 22.5 Å². The minimum absolute atomic E-state index is 0.278. The molecule has 7 heteroatoms. The van der Waals surface area contributed by atoms with Crippen molar-refractivity contribution in [3.05, 3.63) is 83.4 Å². The van der Waals surface area contributed by atoms with E-state index in [4.69, 9.17) is 5.26 Å². The fourth-order valence-electron chi connectivity index (χ4n) is 2.96. The van der Waals surface area contributed by atoms with Gasteiger partial charge in [0, 0.05) is 17.3 Å². The first kappa shape index (κ1) is 18.3. The molecule has 0 saturated heterocycles. The lowest BCUT2D eigenvalue weighted by molar-refractivity contribution is 0.630. The molecular weight excluding hydrogens is 367 g/mol. The van der Waals surface area contributed by atoms with Gasteiger partial charge in [-0.3, -0.25) is 5.10 Å². The van der Waals surface area contributed by atoms with Crippen LogP contribution < -0.4 is 5.32 Å². The maximum absolute atomic E-state index is 14.3. The molecule has 6 nitrogen and oxygen atoms in total. The number of nitrogens with one attached hydrogen (secondary N) is 2. The van der Waals surface area contributed by atoms with E-state index in [9.17, 15) is 4.39 Å². The topological polar surface area (TPSA) is 90.3 Å². The summed E-state index contributed by atoms with van der Waals surface area (Å²) in [7, 11) is 0. The lowest BCUT2D eigenvalue weighted by atomic mass is 10.0. The molecule has 0 bridgehead atoms. The van der Waals surface area contributed by atoms with Crippen molar-refractivity contribution in [1.29, 1.82) is 5.26 Å². The molecule has 29 heavy (non-hydrogen) atoms. The third-order valence-electron chi connectivity index (χ3n) is 4.46. The SMILES string of the molecule is Cc1cnc(NCc2cc(-c3ccccc3)n[nH]2)nc1-c1cc(C#N)ccc1F. The van der Waals surface area contributed by atoms with Gasteiger partial charge in [-0.25, -0.2) is 14.4 Å². The van der Waals surface area contributed by atoms with Crippen molar-refractivity contribution in [2.45, 2.75) is 13.5 Å². The number of halogens is 1. The maximum Gasteiger partial charge on any atom is 0.223 e. The molecule has 0 fully saturated rings. The monoisotopic (exact) mass is 384 g/mol. The Morgan fingerprint density at radius 3 is 2.76 bits per heavy atom. The standard InChI is InChI=1S/C22H17FN6/c1-14-12-25-22(27-21(14)18-9-15(11-24)7-8-19(18)23)26-13-17-10-20(29-28-17)16-5-3-2-4-6-16/h2-10,12H,13H2,1H3,(H,28,29)(H,25,26,27). The van der Waals surface area contributed by atoms with Gasteiger partial charge in [-0.2, -0.15) is 10.4 Å². The van der Waals surface area contributed by atoms with Crippen LogP contribution in [-0.4, -0.2) is 20.2 Å². The Hall–Kier alpha value is -4.05. The second kappa shape index (κ2) is 7.90. The third kappa shape index (κ3) is 3.96.